The minimum atomic E-state index is -4.57. The molecule has 0 fully saturated rings. The third kappa shape index (κ3) is 6.07. The van der Waals surface area contributed by atoms with Gasteiger partial charge in [0.2, 0.25) is 0 Å². The van der Waals surface area contributed by atoms with Crippen LogP contribution < -0.4 is 4.74 Å². The molecule has 0 aliphatic carbocycles. The highest BCUT2D eigenvalue weighted by Crippen LogP contribution is 2.39. The molecular formula is C28H21F4NO3. The summed E-state index contributed by atoms with van der Waals surface area (Å²) >= 11 is 0. The van der Waals surface area contributed by atoms with Crippen LogP contribution in [0.25, 0.3) is 22.3 Å². The van der Waals surface area contributed by atoms with Crippen molar-refractivity contribution in [1.29, 1.82) is 0 Å². The number of hydrogen-bond acceptors (Lipinski definition) is 3. The molecule has 0 aliphatic rings. The van der Waals surface area contributed by atoms with E-state index in [9.17, 15) is 22.4 Å². The van der Waals surface area contributed by atoms with E-state index in [0.29, 0.717) is 27.9 Å². The number of benzene rings is 3. The maximum atomic E-state index is 14.8. The third-order valence-electron chi connectivity index (χ3n) is 5.55. The van der Waals surface area contributed by atoms with Gasteiger partial charge in [0, 0.05) is 29.4 Å². The van der Waals surface area contributed by atoms with E-state index in [4.69, 9.17) is 9.84 Å². The summed E-state index contributed by atoms with van der Waals surface area (Å²) in [5, 5.41) is 8.76. The van der Waals surface area contributed by atoms with E-state index in [1.807, 2.05) is 0 Å². The predicted octanol–water partition coefficient (Wildman–Crippen LogP) is 7.17. The smallest absolute Gasteiger partial charge is 0.417 e. The molecular weight excluding hydrogens is 474 g/mol. The summed E-state index contributed by atoms with van der Waals surface area (Å²) in [6, 6.07) is 19.8. The fraction of sp³-hybridized carbons (Fsp3) is 0.143. The Hall–Kier alpha value is -4.20. The number of carboxylic acid groups (broad SMARTS) is 1. The molecule has 0 saturated carbocycles. The Morgan fingerprint density at radius 2 is 1.64 bits per heavy atom. The Morgan fingerprint density at radius 3 is 2.28 bits per heavy atom. The molecule has 0 atom stereocenters. The number of aromatic nitrogens is 1. The minimum absolute atomic E-state index is 0.0210. The van der Waals surface area contributed by atoms with Crippen LogP contribution in [-0.4, -0.2) is 16.1 Å². The number of halogens is 4. The standard InChI is InChI=1S/C28H21F4NO3/c29-26-14-18(6-11-24(26)20-7-8-21(33-16-20)9-13-27(34)35)17-36-22-10-12-23(19-4-2-1-3-5-19)25(15-22)28(30,31)32/h1-8,10-12,14-16H,9,13,17H2,(H,34,35). The number of carbonyl (C=O) groups is 1. The lowest BCUT2D eigenvalue weighted by Crippen LogP contribution is -2.08. The summed E-state index contributed by atoms with van der Waals surface area (Å²) in [4.78, 5) is 14.9. The van der Waals surface area contributed by atoms with Crippen LogP contribution in [0.3, 0.4) is 0 Å². The van der Waals surface area contributed by atoms with Crippen molar-refractivity contribution >= 4 is 5.97 Å². The first-order valence-electron chi connectivity index (χ1n) is 11.1. The van der Waals surface area contributed by atoms with Crippen molar-refractivity contribution in [3.05, 3.63) is 108 Å². The van der Waals surface area contributed by atoms with Gasteiger partial charge in [-0.15, -0.1) is 0 Å². The summed E-state index contributed by atoms with van der Waals surface area (Å²) in [7, 11) is 0. The lowest BCUT2D eigenvalue weighted by Gasteiger charge is -2.15. The first-order valence-corrected chi connectivity index (χ1v) is 11.1. The molecule has 0 radical (unpaired) electrons. The second kappa shape index (κ2) is 10.6. The second-order valence-electron chi connectivity index (χ2n) is 8.11. The fourth-order valence-electron chi connectivity index (χ4n) is 3.73. The van der Waals surface area contributed by atoms with Crippen LogP contribution >= 0.6 is 0 Å². The van der Waals surface area contributed by atoms with Crippen LogP contribution in [0, 0.1) is 5.82 Å². The van der Waals surface area contributed by atoms with Gasteiger partial charge < -0.3 is 9.84 Å². The minimum Gasteiger partial charge on any atom is -0.489 e. The Kier molecular flexibility index (Phi) is 7.33. The number of carboxylic acids is 1. The molecule has 0 saturated heterocycles. The summed E-state index contributed by atoms with van der Waals surface area (Å²) in [6.07, 6.45) is -2.88. The van der Waals surface area contributed by atoms with E-state index >= 15 is 0 Å². The highest BCUT2D eigenvalue weighted by atomic mass is 19.4. The number of ether oxygens (including phenoxy) is 1. The van der Waals surface area contributed by atoms with E-state index in [2.05, 4.69) is 4.98 Å². The van der Waals surface area contributed by atoms with E-state index in [-0.39, 0.29) is 30.8 Å². The SMILES string of the molecule is O=C(O)CCc1ccc(-c2ccc(COc3ccc(-c4ccccc4)c(C(F)(F)F)c3)cc2F)cn1. The van der Waals surface area contributed by atoms with Gasteiger partial charge >= 0.3 is 12.1 Å². The van der Waals surface area contributed by atoms with E-state index in [0.717, 1.165) is 6.07 Å². The van der Waals surface area contributed by atoms with Crippen molar-refractivity contribution in [2.75, 3.05) is 0 Å². The zero-order valence-electron chi connectivity index (χ0n) is 18.9. The van der Waals surface area contributed by atoms with Crippen LogP contribution in [0.4, 0.5) is 17.6 Å². The molecule has 8 heteroatoms. The van der Waals surface area contributed by atoms with Crippen molar-refractivity contribution in [3.8, 4) is 28.0 Å². The molecule has 4 nitrogen and oxygen atoms in total. The fourth-order valence-corrected chi connectivity index (χ4v) is 3.73. The highest BCUT2D eigenvalue weighted by molar-refractivity contribution is 5.69. The lowest BCUT2D eigenvalue weighted by molar-refractivity contribution is -0.138. The molecule has 1 N–H and O–H groups in total. The molecule has 1 aromatic heterocycles. The van der Waals surface area contributed by atoms with Gasteiger partial charge in [0.25, 0.3) is 0 Å². The third-order valence-corrected chi connectivity index (χ3v) is 5.55. The summed E-state index contributed by atoms with van der Waals surface area (Å²) in [5.74, 6) is -1.44. The van der Waals surface area contributed by atoms with Gasteiger partial charge in [-0.3, -0.25) is 9.78 Å². The monoisotopic (exact) mass is 495 g/mol. The Bertz CT molecular complexity index is 1350. The topological polar surface area (TPSA) is 59.4 Å². The number of rotatable bonds is 8. The molecule has 0 aliphatic heterocycles. The number of hydrogen-bond donors (Lipinski definition) is 1. The van der Waals surface area contributed by atoms with E-state index in [1.165, 1.54) is 24.4 Å². The van der Waals surface area contributed by atoms with Gasteiger partial charge in [-0.1, -0.05) is 54.6 Å². The first kappa shape index (κ1) is 24.9. The summed E-state index contributed by atoms with van der Waals surface area (Å²) < 4.78 is 61.4. The average molecular weight is 495 g/mol. The van der Waals surface area contributed by atoms with E-state index in [1.54, 1.807) is 54.6 Å². The second-order valence-corrected chi connectivity index (χ2v) is 8.11. The number of nitrogens with zero attached hydrogens (tertiary/aromatic N) is 1. The van der Waals surface area contributed by atoms with Crippen molar-refractivity contribution < 1.29 is 32.2 Å². The van der Waals surface area contributed by atoms with Crippen LogP contribution in [0.15, 0.2) is 85.1 Å². The van der Waals surface area contributed by atoms with E-state index < -0.39 is 23.5 Å². The van der Waals surface area contributed by atoms with Gasteiger partial charge in [-0.2, -0.15) is 13.2 Å². The number of alkyl halides is 3. The van der Waals surface area contributed by atoms with Gasteiger partial charge in [0.05, 0.1) is 12.0 Å². The molecule has 0 unspecified atom stereocenters. The number of aliphatic carboxylic acids is 1. The first-order chi connectivity index (χ1) is 17.2. The predicted molar refractivity (Wildman–Crippen MR) is 127 cm³/mol. The molecule has 4 rings (SSSR count). The van der Waals surface area contributed by atoms with Crippen LogP contribution in [0.5, 0.6) is 5.75 Å². The van der Waals surface area contributed by atoms with Crippen molar-refractivity contribution in [2.24, 2.45) is 0 Å². The molecule has 184 valence electrons. The summed E-state index contributed by atoms with van der Waals surface area (Å²) in [6.45, 7) is -0.119. The Balaban J connectivity index is 1.48. The van der Waals surface area contributed by atoms with Crippen molar-refractivity contribution in [2.45, 2.75) is 25.6 Å². The molecule has 1 heterocycles. The molecule has 3 aromatic carbocycles. The highest BCUT2D eigenvalue weighted by Gasteiger charge is 2.34. The van der Waals surface area contributed by atoms with Gasteiger partial charge in [-0.25, -0.2) is 4.39 Å². The van der Waals surface area contributed by atoms with Crippen LogP contribution in [-0.2, 0) is 24.0 Å². The van der Waals surface area contributed by atoms with Gasteiger partial charge in [-0.05, 0) is 41.0 Å². The lowest BCUT2D eigenvalue weighted by atomic mass is 9.99. The average Bonchev–Trinajstić information content (AvgIpc) is 2.86. The number of aryl methyl sites for hydroxylation is 1. The van der Waals surface area contributed by atoms with Crippen LogP contribution in [0.2, 0.25) is 0 Å². The number of pyridine rings is 1. The zero-order chi connectivity index (χ0) is 25.7. The quantitative estimate of drug-likeness (QED) is 0.263. The van der Waals surface area contributed by atoms with Gasteiger partial charge in [0.1, 0.15) is 18.2 Å². The van der Waals surface area contributed by atoms with Crippen molar-refractivity contribution in [3.63, 3.8) is 0 Å². The molecule has 0 bridgehead atoms. The largest absolute Gasteiger partial charge is 0.489 e. The maximum Gasteiger partial charge on any atom is 0.417 e. The molecule has 0 spiro atoms. The Labute approximate surface area is 204 Å². The normalized spacial score (nSPS) is 11.3. The molecule has 36 heavy (non-hydrogen) atoms. The summed E-state index contributed by atoms with van der Waals surface area (Å²) in [5.41, 5.74) is 1.53. The maximum absolute atomic E-state index is 14.8. The van der Waals surface area contributed by atoms with Crippen LogP contribution in [0.1, 0.15) is 23.2 Å². The molecule has 4 aromatic rings. The van der Waals surface area contributed by atoms with Crippen molar-refractivity contribution in [1.82, 2.24) is 4.98 Å². The zero-order valence-corrected chi connectivity index (χ0v) is 18.9. The van der Waals surface area contributed by atoms with Gasteiger partial charge in [0.15, 0.2) is 0 Å². The Morgan fingerprint density at radius 1 is 0.889 bits per heavy atom. The molecule has 0 amide bonds.